The van der Waals surface area contributed by atoms with Crippen molar-refractivity contribution in [2.24, 2.45) is 0 Å². The first-order chi connectivity index (χ1) is 17.0. The number of methoxy groups -OCH3 is 1. The predicted molar refractivity (Wildman–Crippen MR) is 130 cm³/mol. The summed E-state index contributed by atoms with van der Waals surface area (Å²) >= 11 is 0. The van der Waals surface area contributed by atoms with Crippen LogP contribution in [0, 0.1) is 10.1 Å². The zero-order valence-corrected chi connectivity index (χ0v) is 19.0. The monoisotopic (exact) mass is 469 g/mol. The van der Waals surface area contributed by atoms with Crippen molar-refractivity contribution in [3.63, 3.8) is 0 Å². The fourth-order valence-electron chi connectivity index (χ4n) is 4.30. The number of carbonyl (C=O) groups is 1. The first-order valence-corrected chi connectivity index (χ1v) is 11.1. The van der Waals surface area contributed by atoms with E-state index < -0.39 is 11.1 Å². The van der Waals surface area contributed by atoms with Gasteiger partial charge in [0.05, 0.1) is 24.1 Å². The molecule has 5 rings (SSSR count). The molecule has 4 aromatic rings. The van der Waals surface area contributed by atoms with Gasteiger partial charge in [-0.1, -0.05) is 48.5 Å². The summed E-state index contributed by atoms with van der Waals surface area (Å²) in [5.74, 6) is 0.567. The largest absolute Gasteiger partial charge is 0.496 e. The van der Waals surface area contributed by atoms with Crippen LogP contribution in [0.5, 0.6) is 5.75 Å². The lowest BCUT2D eigenvalue weighted by molar-refractivity contribution is -0.385. The van der Waals surface area contributed by atoms with E-state index in [4.69, 9.17) is 4.74 Å². The second-order valence-electron chi connectivity index (χ2n) is 8.24. The molecule has 1 aromatic heterocycles. The first-order valence-electron chi connectivity index (χ1n) is 11.1. The van der Waals surface area contributed by atoms with Crippen molar-refractivity contribution in [1.82, 2.24) is 14.7 Å². The Bertz CT molecular complexity index is 1390. The molecule has 2 heterocycles. The fourth-order valence-corrected chi connectivity index (χ4v) is 4.30. The summed E-state index contributed by atoms with van der Waals surface area (Å²) in [7, 11) is 1.57. The van der Waals surface area contributed by atoms with Gasteiger partial charge >= 0.3 is 5.69 Å². The van der Waals surface area contributed by atoms with Crippen LogP contribution < -0.4 is 10.1 Å². The Morgan fingerprint density at radius 1 is 1.06 bits per heavy atom. The molecular weight excluding hydrogens is 446 g/mol. The van der Waals surface area contributed by atoms with Crippen LogP contribution in [-0.4, -0.2) is 32.6 Å². The Morgan fingerprint density at radius 2 is 1.83 bits per heavy atom. The summed E-state index contributed by atoms with van der Waals surface area (Å²) in [4.78, 5) is 25.9. The van der Waals surface area contributed by atoms with Gasteiger partial charge in [-0.15, -0.1) is 0 Å². The molecule has 0 saturated heterocycles. The molecule has 0 bridgehead atoms. The molecule has 176 valence electrons. The Kier molecular flexibility index (Phi) is 5.88. The van der Waals surface area contributed by atoms with Crippen LogP contribution in [0.1, 0.15) is 33.2 Å². The van der Waals surface area contributed by atoms with E-state index in [-0.39, 0.29) is 18.1 Å². The van der Waals surface area contributed by atoms with Crippen molar-refractivity contribution in [2.45, 2.75) is 19.3 Å². The second-order valence-corrected chi connectivity index (χ2v) is 8.24. The Morgan fingerprint density at radius 3 is 2.57 bits per heavy atom. The van der Waals surface area contributed by atoms with E-state index in [9.17, 15) is 14.9 Å². The number of carbonyl (C=O) groups excluding carboxylic acids is 1. The molecule has 1 amide bonds. The third kappa shape index (κ3) is 4.43. The van der Waals surface area contributed by atoms with Gasteiger partial charge in [-0.05, 0) is 35.4 Å². The summed E-state index contributed by atoms with van der Waals surface area (Å²) in [5.41, 5.74) is 3.98. The summed E-state index contributed by atoms with van der Waals surface area (Å²) in [6.45, 7) is 0.708. The van der Waals surface area contributed by atoms with Crippen LogP contribution in [0.25, 0.3) is 0 Å². The number of nitrogens with zero attached hydrogens (tertiary/aromatic N) is 4. The average molecular weight is 470 g/mol. The van der Waals surface area contributed by atoms with Gasteiger partial charge in [0.25, 0.3) is 5.91 Å². The zero-order valence-electron chi connectivity index (χ0n) is 19.0. The normalized spacial score (nSPS) is 14.8. The minimum Gasteiger partial charge on any atom is -0.496 e. The molecule has 9 heteroatoms. The van der Waals surface area contributed by atoms with E-state index in [0.717, 1.165) is 22.4 Å². The van der Waals surface area contributed by atoms with Crippen LogP contribution in [0.3, 0.4) is 0 Å². The number of hydrogen-bond acceptors (Lipinski definition) is 6. The third-order valence-electron chi connectivity index (χ3n) is 6.00. The highest BCUT2D eigenvalue weighted by Gasteiger charge is 2.33. The van der Waals surface area contributed by atoms with Crippen molar-refractivity contribution in [2.75, 3.05) is 12.4 Å². The molecule has 0 radical (unpaired) electrons. The van der Waals surface area contributed by atoms with Crippen LogP contribution in [0.2, 0.25) is 0 Å². The van der Waals surface area contributed by atoms with Gasteiger partial charge in [-0.25, -0.2) is 0 Å². The van der Waals surface area contributed by atoms with E-state index in [1.807, 2.05) is 77.7 Å². The smallest absolute Gasteiger partial charge is 0.307 e. The van der Waals surface area contributed by atoms with Crippen LogP contribution in [-0.2, 0) is 13.1 Å². The van der Waals surface area contributed by atoms with Crippen molar-refractivity contribution < 1.29 is 14.5 Å². The van der Waals surface area contributed by atoms with Crippen LogP contribution >= 0.6 is 0 Å². The average Bonchev–Trinajstić information content (AvgIpc) is 3.35. The fraction of sp³-hybridized carbons (Fsp3) is 0.154. The molecule has 0 saturated carbocycles. The maximum Gasteiger partial charge on any atom is 0.307 e. The quantitative estimate of drug-likeness (QED) is 0.313. The van der Waals surface area contributed by atoms with Gasteiger partial charge in [0.2, 0.25) is 0 Å². The van der Waals surface area contributed by atoms with Gasteiger partial charge in [0.1, 0.15) is 24.3 Å². The van der Waals surface area contributed by atoms with Crippen molar-refractivity contribution >= 4 is 17.3 Å². The number of anilines is 1. The van der Waals surface area contributed by atoms with Gasteiger partial charge in [-0.2, -0.15) is 5.10 Å². The van der Waals surface area contributed by atoms with Gasteiger partial charge in [0, 0.05) is 17.8 Å². The Labute approximate surface area is 201 Å². The molecule has 1 aliphatic heterocycles. The van der Waals surface area contributed by atoms with Crippen molar-refractivity contribution in [3.8, 4) is 5.75 Å². The number of benzene rings is 3. The predicted octanol–water partition coefficient (Wildman–Crippen LogP) is 4.61. The van der Waals surface area contributed by atoms with Crippen LogP contribution in [0.15, 0.2) is 85.2 Å². The Balaban J connectivity index is 1.53. The number of ether oxygens (including phenoxy) is 1. The van der Waals surface area contributed by atoms with E-state index in [0.29, 0.717) is 17.9 Å². The minimum atomic E-state index is -0.479. The lowest BCUT2D eigenvalue weighted by Gasteiger charge is -2.38. The molecule has 0 fully saturated rings. The van der Waals surface area contributed by atoms with Gasteiger partial charge in [-0.3, -0.25) is 19.6 Å². The first kappa shape index (κ1) is 22.1. The van der Waals surface area contributed by atoms with E-state index in [2.05, 4.69) is 10.4 Å². The maximum atomic E-state index is 13.6. The molecule has 35 heavy (non-hydrogen) atoms. The molecule has 1 aliphatic rings. The number of fused-ring (bicyclic) bond motifs is 1. The molecule has 1 atom stereocenters. The van der Waals surface area contributed by atoms with Crippen LogP contribution in [0.4, 0.5) is 11.4 Å². The van der Waals surface area contributed by atoms with Gasteiger partial charge < -0.3 is 15.0 Å². The SMILES string of the molecule is COc1ccc([C@H]2Nc3ccccc3C(=O)N2Cc2ccccc2)cc1Cn1cc([N+](=O)[O-])cn1. The molecule has 1 N–H and O–H groups in total. The van der Waals surface area contributed by atoms with Gasteiger partial charge in [0.15, 0.2) is 0 Å². The number of rotatable bonds is 7. The summed E-state index contributed by atoms with van der Waals surface area (Å²) in [5, 5.41) is 18.7. The topological polar surface area (TPSA) is 103 Å². The van der Waals surface area contributed by atoms with E-state index >= 15 is 0 Å². The molecular formula is C26H23N5O4. The molecule has 0 unspecified atom stereocenters. The standard InChI is InChI=1S/C26H23N5O4/c1-35-24-12-11-19(13-20(24)16-29-17-21(14-27-29)31(33)34)25-28-23-10-6-5-9-22(23)26(32)30(25)15-18-7-3-2-4-8-18/h2-14,17,25,28H,15-16H2,1H3/t25-/m0/s1. The lowest BCUT2D eigenvalue weighted by atomic mass is 10.0. The summed E-state index contributed by atoms with van der Waals surface area (Å²) in [6.07, 6.45) is 2.18. The highest BCUT2D eigenvalue weighted by Crippen LogP contribution is 2.36. The number of amides is 1. The summed E-state index contributed by atoms with van der Waals surface area (Å²) in [6, 6.07) is 23.0. The van der Waals surface area contributed by atoms with Crippen molar-refractivity contribution in [1.29, 1.82) is 0 Å². The highest BCUT2D eigenvalue weighted by atomic mass is 16.6. The molecule has 0 aliphatic carbocycles. The zero-order chi connectivity index (χ0) is 24.4. The molecule has 9 nitrogen and oxygen atoms in total. The number of para-hydroxylation sites is 1. The highest BCUT2D eigenvalue weighted by molar-refractivity contribution is 6.01. The molecule has 3 aromatic carbocycles. The number of nitrogens with one attached hydrogen (secondary N) is 1. The number of aromatic nitrogens is 2. The van der Waals surface area contributed by atoms with Crippen molar-refractivity contribution in [3.05, 3.63) is 118 Å². The third-order valence-corrected chi connectivity index (χ3v) is 6.00. The van der Waals surface area contributed by atoms with E-state index in [1.54, 1.807) is 7.11 Å². The number of nitro groups is 1. The Hall–Kier alpha value is -4.66. The lowest BCUT2D eigenvalue weighted by Crippen LogP contribution is -2.42. The second kappa shape index (κ2) is 9.30. The maximum absolute atomic E-state index is 13.6. The number of hydrogen-bond donors (Lipinski definition) is 1. The van der Waals surface area contributed by atoms with E-state index in [1.165, 1.54) is 17.1 Å². The summed E-state index contributed by atoms with van der Waals surface area (Å²) < 4.78 is 7.03. The minimum absolute atomic E-state index is 0.0618. The molecule has 0 spiro atoms.